The molecule has 1 fully saturated rings. The summed E-state index contributed by atoms with van der Waals surface area (Å²) in [5.41, 5.74) is 1.25. The minimum atomic E-state index is -3.63. The number of hydrogen-bond acceptors (Lipinski definition) is 7. The zero-order valence-electron chi connectivity index (χ0n) is 16.1. The van der Waals surface area contributed by atoms with Crippen LogP contribution in [0.3, 0.4) is 0 Å². The van der Waals surface area contributed by atoms with Crippen LogP contribution in [0.5, 0.6) is 0 Å². The van der Waals surface area contributed by atoms with Crippen LogP contribution in [-0.2, 0) is 26.1 Å². The van der Waals surface area contributed by atoms with E-state index in [2.05, 4.69) is 22.1 Å². The molecule has 3 rings (SSSR count). The van der Waals surface area contributed by atoms with Crippen molar-refractivity contribution in [2.45, 2.75) is 23.5 Å². The molecule has 0 atom stereocenters. The lowest BCUT2D eigenvalue weighted by molar-refractivity contribution is -0.113. The molecule has 9 nitrogen and oxygen atoms in total. The molecule has 2 aromatic rings. The number of ether oxygens (including phenoxy) is 1. The first-order chi connectivity index (χ1) is 13.9. The summed E-state index contributed by atoms with van der Waals surface area (Å²) < 4.78 is 34.1. The average molecular weight is 438 g/mol. The lowest BCUT2D eigenvalue weighted by atomic mass is 10.2. The van der Waals surface area contributed by atoms with E-state index in [1.165, 1.54) is 22.1 Å². The Balaban J connectivity index is 1.68. The van der Waals surface area contributed by atoms with Crippen LogP contribution in [-0.4, -0.2) is 65.5 Å². The Kier molecular flexibility index (Phi) is 7.06. The number of rotatable bonds is 8. The zero-order chi connectivity index (χ0) is 20.9. The van der Waals surface area contributed by atoms with Gasteiger partial charge in [-0.25, -0.2) is 8.42 Å². The molecule has 0 unspecified atom stereocenters. The van der Waals surface area contributed by atoms with E-state index < -0.39 is 10.0 Å². The molecule has 0 aliphatic carbocycles. The summed E-state index contributed by atoms with van der Waals surface area (Å²) >= 11 is 1.25. The molecule has 1 aromatic carbocycles. The van der Waals surface area contributed by atoms with E-state index in [4.69, 9.17) is 4.74 Å². The molecule has 0 radical (unpaired) electrons. The van der Waals surface area contributed by atoms with E-state index in [1.807, 2.05) is 6.92 Å². The molecule has 29 heavy (non-hydrogen) atoms. The van der Waals surface area contributed by atoms with Crippen LogP contribution in [0, 0.1) is 6.92 Å². The molecule has 11 heteroatoms. The summed E-state index contributed by atoms with van der Waals surface area (Å²) in [6.45, 7) is 7.44. The maximum Gasteiger partial charge on any atom is 0.243 e. The normalized spacial score (nSPS) is 15.2. The van der Waals surface area contributed by atoms with Crippen molar-refractivity contribution < 1.29 is 17.9 Å². The topological polar surface area (TPSA) is 106 Å². The summed E-state index contributed by atoms with van der Waals surface area (Å²) in [7, 11) is -3.63. The van der Waals surface area contributed by atoms with Crippen LogP contribution in [0.15, 0.2) is 47.2 Å². The SMILES string of the molecule is C=CCn1cnnc1SCC(=O)Nc1cc(S(=O)(=O)N2CCOCC2)ccc1C. The van der Waals surface area contributed by atoms with Crippen molar-refractivity contribution in [1.82, 2.24) is 19.1 Å². The Hall–Kier alpha value is -2.21. The molecule has 156 valence electrons. The van der Waals surface area contributed by atoms with Gasteiger partial charge in [-0.3, -0.25) is 4.79 Å². The van der Waals surface area contributed by atoms with Crippen molar-refractivity contribution >= 4 is 33.4 Å². The number of hydrogen-bond donors (Lipinski definition) is 1. The highest BCUT2D eigenvalue weighted by atomic mass is 32.2. The van der Waals surface area contributed by atoms with Gasteiger partial charge in [0.2, 0.25) is 15.9 Å². The number of carbonyl (C=O) groups is 1. The van der Waals surface area contributed by atoms with Crippen molar-refractivity contribution in [2.24, 2.45) is 0 Å². The summed E-state index contributed by atoms with van der Waals surface area (Å²) in [4.78, 5) is 12.6. The summed E-state index contributed by atoms with van der Waals surface area (Å²) in [6, 6.07) is 4.75. The molecule has 0 saturated carbocycles. The third-order valence-electron chi connectivity index (χ3n) is 4.33. The van der Waals surface area contributed by atoms with Gasteiger partial charge in [-0.2, -0.15) is 4.31 Å². The molecule has 2 heterocycles. The molecular weight excluding hydrogens is 414 g/mol. The molecule has 1 N–H and O–H groups in total. The first-order valence-corrected chi connectivity index (χ1v) is 11.4. The number of aryl methyl sites for hydroxylation is 1. The minimum absolute atomic E-state index is 0.121. The number of benzene rings is 1. The van der Waals surface area contributed by atoms with Gasteiger partial charge >= 0.3 is 0 Å². The monoisotopic (exact) mass is 437 g/mol. The quantitative estimate of drug-likeness (QED) is 0.493. The molecule has 0 spiro atoms. The second kappa shape index (κ2) is 9.53. The number of carbonyl (C=O) groups excluding carboxylic acids is 1. The number of sulfonamides is 1. The first-order valence-electron chi connectivity index (χ1n) is 9.01. The lowest BCUT2D eigenvalue weighted by Gasteiger charge is -2.26. The van der Waals surface area contributed by atoms with E-state index in [0.717, 1.165) is 5.56 Å². The fourth-order valence-electron chi connectivity index (χ4n) is 2.77. The number of nitrogens with zero attached hydrogens (tertiary/aromatic N) is 4. The number of thioether (sulfide) groups is 1. The van der Waals surface area contributed by atoms with Crippen molar-refractivity contribution in [1.29, 1.82) is 0 Å². The maximum absolute atomic E-state index is 12.8. The summed E-state index contributed by atoms with van der Waals surface area (Å²) in [6.07, 6.45) is 3.29. The highest BCUT2D eigenvalue weighted by Gasteiger charge is 2.26. The average Bonchev–Trinajstić information content (AvgIpc) is 3.16. The van der Waals surface area contributed by atoms with Gasteiger partial charge in [0, 0.05) is 25.3 Å². The molecule has 0 bridgehead atoms. The molecular formula is C18H23N5O4S2. The molecule has 1 saturated heterocycles. The van der Waals surface area contributed by atoms with Crippen LogP contribution >= 0.6 is 11.8 Å². The number of aromatic nitrogens is 3. The third-order valence-corrected chi connectivity index (χ3v) is 7.20. The van der Waals surface area contributed by atoms with Gasteiger partial charge in [0.05, 0.1) is 23.9 Å². The van der Waals surface area contributed by atoms with E-state index in [-0.39, 0.29) is 16.6 Å². The van der Waals surface area contributed by atoms with Gasteiger partial charge in [0.1, 0.15) is 6.33 Å². The molecule has 1 aliphatic heterocycles. The number of morpholine rings is 1. The zero-order valence-corrected chi connectivity index (χ0v) is 17.7. The van der Waals surface area contributed by atoms with Crippen LogP contribution in [0.4, 0.5) is 5.69 Å². The predicted octanol–water partition coefficient (Wildman–Crippen LogP) is 1.52. The fourth-order valence-corrected chi connectivity index (χ4v) is 4.93. The van der Waals surface area contributed by atoms with Crippen LogP contribution in [0.2, 0.25) is 0 Å². The largest absolute Gasteiger partial charge is 0.379 e. The van der Waals surface area contributed by atoms with Gasteiger partial charge in [0.15, 0.2) is 5.16 Å². The number of nitrogens with one attached hydrogen (secondary N) is 1. The van der Waals surface area contributed by atoms with Crippen molar-refractivity contribution in [3.8, 4) is 0 Å². The van der Waals surface area contributed by atoms with Crippen LogP contribution in [0.25, 0.3) is 0 Å². The Labute approximate surface area is 174 Å². The number of amides is 1. The minimum Gasteiger partial charge on any atom is -0.379 e. The molecule has 1 aliphatic rings. The Morgan fingerprint density at radius 2 is 2.14 bits per heavy atom. The lowest BCUT2D eigenvalue weighted by Crippen LogP contribution is -2.40. The van der Waals surface area contributed by atoms with E-state index in [9.17, 15) is 13.2 Å². The second-order valence-corrected chi connectivity index (χ2v) is 9.27. The Morgan fingerprint density at radius 3 is 2.86 bits per heavy atom. The highest BCUT2D eigenvalue weighted by molar-refractivity contribution is 7.99. The fraction of sp³-hybridized carbons (Fsp3) is 0.389. The van der Waals surface area contributed by atoms with Gasteiger partial charge < -0.3 is 14.6 Å². The smallest absolute Gasteiger partial charge is 0.243 e. The van der Waals surface area contributed by atoms with E-state index in [0.29, 0.717) is 43.7 Å². The van der Waals surface area contributed by atoms with Crippen molar-refractivity contribution in [2.75, 3.05) is 37.4 Å². The molecule has 1 amide bonds. The predicted molar refractivity (Wildman–Crippen MR) is 110 cm³/mol. The van der Waals surface area contributed by atoms with Crippen molar-refractivity contribution in [3.63, 3.8) is 0 Å². The third kappa shape index (κ3) is 5.24. The Bertz CT molecular complexity index is 984. The molecule has 1 aromatic heterocycles. The number of allylic oxidation sites excluding steroid dienone is 1. The highest BCUT2D eigenvalue weighted by Crippen LogP contribution is 2.24. The van der Waals surface area contributed by atoms with E-state index in [1.54, 1.807) is 29.1 Å². The first kappa shape index (κ1) is 21.5. The summed E-state index contributed by atoms with van der Waals surface area (Å²) in [5, 5.41) is 11.2. The van der Waals surface area contributed by atoms with Gasteiger partial charge in [-0.1, -0.05) is 23.9 Å². The number of anilines is 1. The van der Waals surface area contributed by atoms with Crippen molar-refractivity contribution in [3.05, 3.63) is 42.7 Å². The second-order valence-electron chi connectivity index (χ2n) is 6.38. The van der Waals surface area contributed by atoms with Gasteiger partial charge in [-0.05, 0) is 24.6 Å². The standard InChI is InChI=1S/C18H23N5O4S2/c1-3-6-22-13-19-21-18(22)28-12-17(24)20-16-11-15(5-4-14(16)2)29(25,26)23-7-9-27-10-8-23/h3-5,11,13H,1,6-10,12H2,2H3,(H,20,24). The van der Waals surface area contributed by atoms with Gasteiger partial charge in [0.25, 0.3) is 0 Å². The van der Waals surface area contributed by atoms with Crippen LogP contribution in [0.1, 0.15) is 5.56 Å². The maximum atomic E-state index is 12.8. The van der Waals surface area contributed by atoms with Crippen LogP contribution < -0.4 is 5.32 Å². The van der Waals surface area contributed by atoms with E-state index >= 15 is 0 Å². The summed E-state index contributed by atoms with van der Waals surface area (Å²) in [5.74, 6) is -0.136. The van der Waals surface area contributed by atoms with Gasteiger partial charge in [-0.15, -0.1) is 16.8 Å². The Morgan fingerprint density at radius 1 is 1.38 bits per heavy atom.